The monoisotopic (exact) mass is 389 g/mol. The molecular formula is C19H20ClN3O2S. The molecule has 1 aromatic carbocycles. The lowest BCUT2D eigenvalue weighted by atomic mass is 10.1. The number of ether oxygens (including phenoxy) is 1. The van der Waals surface area contributed by atoms with E-state index in [9.17, 15) is 4.79 Å². The van der Waals surface area contributed by atoms with E-state index in [1.807, 2.05) is 29.6 Å². The van der Waals surface area contributed by atoms with Crippen LogP contribution in [-0.4, -0.2) is 47.3 Å². The summed E-state index contributed by atoms with van der Waals surface area (Å²) in [4.78, 5) is 20.7. The molecule has 136 valence electrons. The third-order valence-corrected chi connectivity index (χ3v) is 5.83. The third kappa shape index (κ3) is 3.69. The number of nitrogens with zero attached hydrogens (tertiary/aromatic N) is 3. The number of hydrogen-bond acceptors (Lipinski definition) is 5. The van der Waals surface area contributed by atoms with Crippen molar-refractivity contribution in [2.75, 3.05) is 32.8 Å². The summed E-state index contributed by atoms with van der Waals surface area (Å²) in [6, 6.07) is 7.58. The zero-order chi connectivity index (χ0) is 17.9. The smallest absolute Gasteiger partial charge is 0.262 e. The minimum atomic E-state index is 0.0307. The highest BCUT2D eigenvalue weighted by molar-refractivity contribution is 7.17. The molecule has 1 aliphatic rings. The van der Waals surface area contributed by atoms with Crippen LogP contribution in [0.1, 0.15) is 6.42 Å². The van der Waals surface area contributed by atoms with E-state index < -0.39 is 0 Å². The van der Waals surface area contributed by atoms with Gasteiger partial charge in [-0.25, -0.2) is 4.98 Å². The van der Waals surface area contributed by atoms with Crippen molar-refractivity contribution < 1.29 is 4.74 Å². The minimum Gasteiger partial charge on any atom is -0.379 e. The molecule has 2 aromatic heterocycles. The molecule has 5 nitrogen and oxygen atoms in total. The highest BCUT2D eigenvalue weighted by atomic mass is 35.5. The molecule has 7 heteroatoms. The summed E-state index contributed by atoms with van der Waals surface area (Å²) in [6.07, 6.45) is 2.60. The van der Waals surface area contributed by atoms with E-state index in [2.05, 4.69) is 9.88 Å². The van der Waals surface area contributed by atoms with Crippen molar-refractivity contribution in [1.29, 1.82) is 0 Å². The van der Waals surface area contributed by atoms with E-state index in [1.165, 1.54) is 11.3 Å². The van der Waals surface area contributed by atoms with Crippen LogP contribution in [0.4, 0.5) is 0 Å². The fourth-order valence-electron chi connectivity index (χ4n) is 3.26. The Bertz CT molecular complexity index is 946. The molecule has 0 N–H and O–H groups in total. The van der Waals surface area contributed by atoms with Gasteiger partial charge in [0, 0.05) is 42.1 Å². The van der Waals surface area contributed by atoms with E-state index in [4.69, 9.17) is 16.3 Å². The zero-order valence-electron chi connectivity index (χ0n) is 14.4. The molecule has 0 saturated carbocycles. The zero-order valence-corrected chi connectivity index (χ0v) is 15.9. The third-order valence-electron chi connectivity index (χ3n) is 4.69. The molecule has 26 heavy (non-hydrogen) atoms. The van der Waals surface area contributed by atoms with Gasteiger partial charge in [-0.1, -0.05) is 23.7 Å². The lowest BCUT2D eigenvalue weighted by Crippen LogP contribution is -2.37. The number of thiophene rings is 1. The number of halogens is 1. The lowest BCUT2D eigenvalue weighted by molar-refractivity contribution is 0.0369. The molecule has 3 aromatic rings. The van der Waals surface area contributed by atoms with Crippen LogP contribution >= 0.6 is 22.9 Å². The van der Waals surface area contributed by atoms with Crippen LogP contribution in [-0.2, 0) is 11.3 Å². The number of hydrogen-bond donors (Lipinski definition) is 0. The van der Waals surface area contributed by atoms with Gasteiger partial charge in [-0.05, 0) is 24.1 Å². The first-order valence-corrected chi connectivity index (χ1v) is 10.0. The van der Waals surface area contributed by atoms with Crippen LogP contribution in [0.2, 0.25) is 5.02 Å². The number of morpholine rings is 1. The Morgan fingerprint density at radius 2 is 1.92 bits per heavy atom. The van der Waals surface area contributed by atoms with Crippen molar-refractivity contribution in [2.24, 2.45) is 0 Å². The Morgan fingerprint density at radius 3 is 2.69 bits per heavy atom. The molecule has 0 unspecified atom stereocenters. The summed E-state index contributed by atoms with van der Waals surface area (Å²) in [5.41, 5.74) is 1.95. The quantitative estimate of drug-likeness (QED) is 0.670. The number of aryl methyl sites for hydroxylation is 1. The molecule has 1 fully saturated rings. The van der Waals surface area contributed by atoms with E-state index >= 15 is 0 Å². The maximum absolute atomic E-state index is 13.0. The summed E-state index contributed by atoms with van der Waals surface area (Å²) in [6.45, 7) is 5.19. The molecule has 0 aliphatic carbocycles. The van der Waals surface area contributed by atoms with Crippen LogP contribution in [0.15, 0.2) is 40.8 Å². The lowest BCUT2D eigenvalue weighted by Gasteiger charge is -2.26. The Hall–Kier alpha value is -1.73. The van der Waals surface area contributed by atoms with Crippen molar-refractivity contribution in [1.82, 2.24) is 14.5 Å². The van der Waals surface area contributed by atoms with Crippen molar-refractivity contribution in [2.45, 2.75) is 13.0 Å². The Balaban J connectivity index is 1.56. The average molecular weight is 390 g/mol. The summed E-state index contributed by atoms with van der Waals surface area (Å²) in [5.74, 6) is 0. The molecule has 3 heterocycles. The predicted molar refractivity (Wildman–Crippen MR) is 106 cm³/mol. The van der Waals surface area contributed by atoms with Crippen LogP contribution in [0.3, 0.4) is 0 Å². The van der Waals surface area contributed by atoms with E-state index in [-0.39, 0.29) is 5.56 Å². The molecule has 0 atom stereocenters. The average Bonchev–Trinajstić information content (AvgIpc) is 3.10. The topological polar surface area (TPSA) is 47.4 Å². The van der Waals surface area contributed by atoms with Gasteiger partial charge in [0.1, 0.15) is 4.83 Å². The molecule has 0 spiro atoms. The van der Waals surface area contributed by atoms with Crippen LogP contribution in [0.25, 0.3) is 21.3 Å². The van der Waals surface area contributed by atoms with Gasteiger partial charge in [-0.2, -0.15) is 0 Å². The number of aromatic nitrogens is 2. The van der Waals surface area contributed by atoms with E-state index in [0.29, 0.717) is 17.0 Å². The Morgan fingerprint density at radius 1 is 1.15 bits per heavy atom. The molecular weight excluding hydrogens is 370 g/mol. The van der Waals surface area contributed by atoms with Crippen LogP contribution in [0, 0.1) is 0 Å². The standard InChI is InChI=1S/C19H20ClN3O2S/c20-15-4-2-14(3-5-15)16-12-26-18-17(16)19(24)23(13-21-18)7-1-6-22-8-10-25-11-9-22/h2-5,12-13H,1,6-11H2. The maximum atomic E-state index is 13.0. The fourth-order valence-corrected chi connectivity index (χ4v) is 4.29. The van der Waals surface area contributed by atoms with Crippen LogP contribution < -0.4 is 5.56 Å². The predicted octanol–water partition coefficient (Wildman–Crippen LogP) is 3.50. The molecule has 0 bridgehead atoms. The van der Waals surface area contributed by atoms with Gasteiger partial charge in [0.25, 0.3) is 5.56 Å². The molecule has 0 amide bonds. The summed E-state index contributed by atoms with van der Waals surface area (Å²) >= 11 is 7.48. The van der Waals surface area contributed by atoms with Gasteiger partial charge in [-0.3, -0.25) is 14.3 Å². The maximum Gasteiger partial charge on any atom is 0.262 e. The SMILES string of the molecule is O=c1c2c(-c3ccc(Cl)cc3)csc2ncn1CCCN1CCOCC1. The van der Waals surface area contributed by atoms with Gasteiger partial charge in [0.15, 0.2) is 0 Å². The van der Waals surface area contributed by atoms with Gasteiger partial charge in [0.2, 0.25) is 0 Å². The first kappa shape index (κ1) is 17.7. The highest BCUT2D eigenvalue weighted by Gasteiger charge is 2.14. The normalized spacial score (nSPS) is 15.6. The van der Waals surface area contributed by atoms with Crippen molar-refractivity contribution >= 4 is 33.2 Å². The van der Waals surface area contributed by atoms with Gasteiger partial charge < -0.3 is 4.74 Å². The number of fused-ring (bicyclic) bond motifs is 1. The molecule has 4 rings (SSSR count). The van der Waals surface area contributed by atoms with Crippen molar-refractivity contribution in [3.63, 3.8) is 0 Å². The second-order valence-corrected chi connectivity index (χ2v) is 7.68. The summed E-state index contributed by atoms with van der Waals surface area (Å²) < 4.78 is 7.10. The second-order valence-electron chi connectivity index (χ2n) is 6.39. The van der Waals surface area contributed by atoms with Crippen LogP contribution in [0.5, 0.6) is 0 Å². The first-order chi connectivity index (χ1) is 12.7. The van der Waals surface area contributed by atoms with Crippen molar-refractivity contribution in [3.05, 3.63) is 51.3 Å². The number of rotatable bonds is 5. The van der Waals surface area contributed by atoms with Crippen molar-refractivity contribution in [3.8, 4) is 11.1 Å². The Labute approximate surface area is 160 Å². The number of benzene rings is 1. The van der Waals surface area contributed by atoms with E-state index in [1.54, 1.807) is 10.9 Å². The molecule has 0 radical (unpaired) electrons. The summed E-state index contributed by atoms with van der Waals surface area (Å²) in [7, 11) is 0. The van der Waals surface area contributed by atoms with Gasteiger partial charge in [-0.15, -0.1) is 11.3 Å². The first-order valence-electron chi connectivity index (χ1n) is 8.75. The fraction of sp³-hybridized carbons (Fsp3) is 0.368. The molecule has 1 aliphatic heterocycles. The summed E-state index contributed by atoms with van der Waals surface area (Å²) in [5, 5.41) is 3.39. The minimum absolute atomic E-state index is 0.0307. The van der Waals surface area contributed by atoms with E-state index in [0.717, 1.165) is 55.2 Å². The largest absolute Gasteiger partial charge is 0.379 e. The second kappa shape index (κ2) is 7.88. The van der Waals surface area contributed by atoms with Gasteiger partial charge >= 0.3 is 0 Å². The highest BCUT2D eigenvalue weighted by Crippen LogP contribution is 2.31. The van der Waals surface area contributed by atoms with Gasteiger partial charge in [0.05, 0.1) is 24.9 Å². The molecule has 1 saturated heterocycles. The Kier molecular flexibility index (Phi) is 5.36.